The summed E-state index contributed by atoms with van der Waals surface area (Å²) >= 11 is 0. The van der Waals surface area contributed by atoms with Crippen LogP contribution in [0.3, 0.4) is 0 Å². The maximum Gasteiger partial charge on any atom is 0.303 e. The van der Waals surface area contributed by atoms with Crippen molar-refractivity contribution in [2.45, 2.75) is 64.6 Å². The molecular formula is C28H33NO5. The van der Waals surface area contributed by atoms with E-state index in [9.17, 15) is 9.59 Å². The van der Waals surface area contributed by atoms with E-state index in [1.165, 1.54) is 4.90 Å². The summed E-state index contributed by atoms with van der Waals surface area (Å²) in [5, 5.41) is 8.75. The quantitative estimate of drug-likeness (QED) is 0.377. The summed E-state index contributed by atoms with van der Waals surface area (Å²) in [7, 11) is 0. The number of aliphatic carboxylic acids is 1. The number of amides is 1. The third-order valence-electron chi connectivity index (χ3n) is 5.36. The van der Waals surface area contributed by atoms with Gasteiger partial charge in [-0.2, -0.15) is 0 Å². The molecule has 2 aromatic rings. The van der Waals surface area contributed by atoms with Gasteiger partial charge in [-0.05, 0) is 63.4 Å². The van der Waals surface area contributed by atoms with Crippen molar-refractivity contribution in [3.63, 3.8) is 0 Å². The van der Waals surface area contributed by atoms with Crippen LogP contribution in [0.25, 0.3) is 0 Å². The number of carbonyl (C=O) groups excluding carboxylic acids is 1. The van der Waals surface area contributed by atoms with Gasteiger partial charge < -0.3 is 19.5 Å². The Bertz CT molecular complexity index is 1100. The zero-order valence-electron chi connectivity index (χ0n) is 21.8. The molecule has 1 atom stereocenters. The monoisotopic (exact) mass is 465 g/mol. The highest BCUT2D eigenvalue weighted by Gasteiger charge is 2.21. The van der Waals surface area contributed by atoms with Gasteiger partial charge in [0.25, 0.3) is 5.91 Å². The third kappa shape index (κ3) is 7.64. The Labute approximate surface area is 204 Å². The van der Waals surface area contributed by atoms with Crippen LogP contribution in [0.4, 0.5) is 0 Å². The number of nitrogens with zero attached hydrogens (tertiary/aromatic N) is 1. The molecule has 0 saturated carbocycles. The summed E-state index contributed by atoms with van der Waals surface area (Å²) in [6, 6.07) is 13.2. The van der Waals surface area contributed by atoms with E-state index in [4.69, 9.17) is 17.3 Å². The predicted octanol–water partition coefficient (Wildman–Crippen LogP) is 4.90. The van der Waals surface area contributed by atoms with Crippen LogP contribution in [0.1, 0.15) is 70.2 Å². The number of carboxylic acids is 1. The van der Waals surface area contributed by atoms with Crippen LogP contribution < -0.4 is 4.74 Å². The van der Waals surface area contributed by atoms with Gasteiger partial charge in [-0.15, -0.1) is 0 Å². The molecule has 1 heterocycles. The van der Waals surface area contributed by atoms with Crippen LogP contribution in [0.2, 0.25) is 0 Å². The molecule has 3 rings (SSSR count). The van der Waals surface area contributed by atoms with Crippen molar-refractivity contribution in [1.29, 1.82) is 0 Å². The third-order valence-corrected chi connectivity index (χ3v) is 5.36. The molecule has 0 aliphatic carbocycles. The zero-order valence-corrected chi connectivity index (χ0v) is 19.8. The van der Waals surface area contributed by atoms with Gasteiger partial charge in [0.2, 0.25) is 0 Å². The van der Waals surface area contributed by atoms with Gasteiger partial charge in [0.1, 0.15) is 11.9 Å². The first kappa shape index (κ1) is 22.5. The Kier molecular flexibility index (Phi) is 8.47. The fourth-order valence-electron chi connectivity index (χ4n) is 3.31. The lowest BCUT2D eigenvalue weighted by molar-refractivity contribution is -0.137. The molecule has 0 aromatic heterocycles. The molecule has 1 amide bonds. The van der Waals surface area contributed by atoms with E-state index in [2.05, 4.69) is 11.8 Å². The fraction of sp³-hybridized carbons (Fsp3) is 0.429. The van der Waals surface area contributed by atoms with Crippen molar-refractivity contribution in [1.82, 2.24) is 4.90 Å². The molecule has 1 aliphatic rings. The molecule has 1 N–H and O–H groups in total. The Balaban J connectivity index is 1.74. The molecule has 1 fully saturated rings. The highest BCUT2D eigenvalue weighted by molar-refractivity contribution is 5.94. The van der Waals surface area contributed by atoms with Gasteiger partial charge in [-0.25, -0.2) is 0 Å². The molecule has 2 aromatic carbocycles. The lowest BCUT2D eigenvalue weighted by Gasteiger charge is -2.28. The van der Waals surface area contributed by atoms with Gasteiger partial charge in [0, 0.05) is 42.1 Å². The average Bonchev–Trinajstić information content (AvgIpc) is 2.80. The van der Waals surface area contributed by atoms with E-state index >= 15 is 0 Å². The number of rotatable bonds is 11. The molecule has 34 heavy (non-hydrogen) atoms. The molecule has 0 bridgehead atoms. The van der Waals surface area contributed by atoms with Gasteiger partial charge in [-0.1, -0.05) is 30.0 Å². The summed E-state index contributed by atoms with van der Waals surface area (Å²) in [5.41, 5.74) is 1.40. The topological polar surface area (TPSA) is 76.1 Å². The molecule has 180 valence electrons. The number of benzene rings is 2. The Hall–Kier alpha value is -3.30. The molecule has 0 radical (unpaired) electrons. The number of carboxylic acid groups (broad SMARTS) is 1. The average molecular weight is 466 g/mol. The maximum atomic E-state index is 13.5. The number of ether oxygens (including phenoxy) is 2. The van der Waals surface area contributed by atoms with E-state index in [-0.39, 0.29) is 18.1 Å². The molecular weight excluding hydrogens is 430 g/mol. The van der Waals surface area contributed by atoms with Crippen LogP contribution in [-0.4, -0.2) is 47.2 Å². The molecule has 1 aliphatic heterocycles. The van der Waals surface area contributed by atoms with Crippen molar-refractivity contribution >= 4 is 11.9 Å². The first-order chi connectivity index (χ1) is 17.2. The van der Waals surface area contributed by atoms with Crippen LogP contribution >= 0.6 is 0 Å². The Morgan fingerprint density at radius 1 is 1.18 bits per heavy atom. The van der Waals surface area contributed by atoms with E-state index in [0.29, 0.717) is 37.2 Å². The first-order valence-corrected chi connectivity index (χ1v) is 11.7. The highest BCUT2D eigenvalue weighted by Crippen LogP contribution is 2.23. The second kappa shape index (κ2) is 12.8. The molecule has 6 nitrogen and oxygen atoms in total. The largest absolute Gasteiger partial charge is 0.493 e. The van der Waals surface area contributed by atoms with Gasteiger partial charge in [0.05, 0.1) is 16.0 Å². The lowest BCUT2D eigenvalue weighted by Crippen LogP contribution is -2.36. The zero-order chi connectivity index (χ0) is 26.1. The van der Waals surface area contributed by atoms with E-state index < -0.39 is 24.4 Å². The van der Waals surface area contributed by atoms with E-state index in [1.54, 1.807) is 62.4 Å². The number of unbranched alkanes of at least 4 members (excludes halogenated alkanes) is 2. The SMILES string of the molecule is [2H]C([2H])(c1ccccc1OCCCCCC(=O)O)N(C(=O)c1ccc(C#CC2CCO2)cc1)C(C)C. The first-order valence-electron chi connectivity index (χ1n) is 12.7. The Morgan fingerprint density at radius 3 is 2.56 bits per heavy atom. The van der Waals surface area contributed by atoms with Crippen molar-refractivity contribution in [2.24, 2.45) is 0 Å². The van der Waals surface area contributed by atoms with E-state index in [1.807, 2.05) is 0 Å². The van der Waals surface area contributed by atoms with Gasteiger partial charge in [-0.3, -0.25) is 9.59 Å². The van der Waals surface area contributed by atoms with Crippen molar-refractivity contribution < 1.29 is 26.9 Å². The molecule has 1 saturated heterocycles. The van der Waals surface area contributed by atoms with Crippen molar-refractivity contribution in [3.8, 4) is 17.6 Å². The number of hydrogen-bond donors (Lipinski definition) is 1. The minimum atomic E-state index is -2.13. The molecule has 6 heteroatoms. The summed E-state index contributed by atoms with van der Waals surface area (Å²) < 4.78 is 29.1. The van der Waals surface area contributed by atoms with Gasteiger partial charge in [0.15, 0.2) is 0 Å². The number of carbonyl (C=O) groups is 2. The Morgan fingerprint density at radius 2 is 1.91 bits per heavy atom. The number of para-hydroxylation sites is 1. The van der Waals surface area contributed by atoms with Gasteiger partial charge >= 0.3 is 5.97 Å². The minimum absolute atomic E-state index is 0.0259. The molecule has 1 unspecified atom stereocenters. The van der Waals surface area contributed by atoms with Crippen molar-refractivity contribution in [3.05, 3.63) is 65.2 Å². The molecule has 0 spiro atoms. The standard InChI is InChI=1S/C28H33NO5/c1-21(2)29(28(32)23-14-11-22(12-15-23)13-16-25-17-19-33-25)20-24-8-5-6-9-26(24)34-18-7-3-4-10-27(30)31/h5-6,8-9,11-12,14-15,21,25H,3-4,7,10,17-20H2,1-2H3,(H,30,31)/i20D2. The van der Waals surface area contributed by atoms with Crippen LogP contribution in [-0.2, 0) is 16.0 Å². The van der Waals surface area contributed by atoms with Crippen LogP contribution in [0.5, 0.6) is 5.75 Å². The number of hydrogen-bond acceptors (Lipinski definition) is 4. The highest BCUT2D eigenvalue weighted by atomic mass is 16.5. The summed E-state index contributed by atoms with van der Waals surface area (Å²) in [6.07, 6.45) is 2.94. The summed E-state index contributed by atoms with van der Waals surface area (Å²) in [5.74, 6) is 5.20. The van der Waals surface area contributed by atoms with Crippen molar-refractivity contribution in [2.75, 3.05) is 13.2 Å². The second-order valence-electron chi connectivity index (χ2n) is 8.42. The summed E-state index contributed by atoms with van der Waals surface area (Å²) in [4.78, 5) is 25.4. The maximum absolute atomic E-state index is 13.5. The lowest BCUT2D eigenvalue weighted by atomic mass is 10.1. The normalized spacial score (nSPS) is 15.9. The smallest absolute Gasteiger partial charge is 0.303 e. The summed E-state index contributed by atoms with van der Waals surface area (Å²) in [6.45, 7) is 2.49. The second-order valence-corrected chi connectivity index (χ2v) is 8.42. The van der Waals surface area contributed by atoms with Crippen LogP contribution in [0, 0.1) is 11.8 Å². The van der Waals surface area contributed by atoms with E-state index in [0.717, 1.165) is 18.6 Å². The fourth-order valence-corrected chi connectivity index (χ4v) is 3.31. The van der Waals surface area contributed by atoms with Crippen LogP contribution in [0.15, 0.2) is 48.5 Å². The minimum Gasteiger partial charge on any atom is -0.493 e. The predicted molar refractivity (Wildman–Crippen MR) is 131 cm³/mol.